The Balaban J connectivity index is 3.22. The largest absolute Gasteiger partial charge is 0.394 e. The summed E-state index contributed by atoms with van der Waals surface area (Å²) in [4.78, 5) is 11.5. The lowest BCUT2D eigenvalue weighted by Gasteiger charge is -2.10. The molecule has 24 heavy (non-hydrogen) atoms. The molecule has 0 aromatic carbocycles. The minimum atomic E-state index is -0.124. The number of rotatable bonds is 17. The van der Waals surface area contributed by atoms with Crippen molar-refractivity contribution in [3.63, 3.8) is 0 Å². The number of unbranched alkanes of at least 4 members (excludes halogenated alkanes) is 11. The second-order valence-electron chi connectivity index (χ2n) is 6.99. The van der Waals surface area contributed by atoms with Gasteiger partial charge in [-0.05, 0) is 39.0 Å². The first-order valence-corrected chi connectivity index (χ1v) is 10.3. The van der Waals surface area contributed by atoms with Crippen LogP contribution in [0.3, 0.4) is 0 Å². The van der Waals surface area contributed by atoms with E-state index in [4.69, 9.17) is 5.11 Å². The molecule has 3 heteroatoms. The van der Waals surface area contributed by atoms with Gasteiger partial charge in [0.05, 0.1) is 6.61 Å². The second-order valence-corrected chi connectivity index (χ2v) is 6.99. The normalized spacial score (nSPS) is 12.6. The number of hydrogen-bond acceptors (Lipinski definition) is 2. The van der Waals surface area contributed by atoms with Gasteiger partial charge in [-0.1, -0.05) is 70.4 Å². The monoisotopic (exact) mass is 339 g/mol. The van der Waals surface area contributed by atoms with Gasteiger partial charge in [-0.3, -0.25) is 4.79 Å². The van der Waals surface area contributed by atoms with Crippen LogP contribution in [0.5, 0.6) is 0 Å². The summed E-state index contributed by atoms with van der Waals surface area (Å²) in [7, 11) is 0. The van der Waals surface area contributed by atoms with Gasteiger partial charge in [0.25, 0.3) is 0 Å². The van der Waals surface area contributed by atoms with E-state index < -0.39 is 0 Å². The SMILES string of the molecule is CCCCCCCC/C=C/CCCCCCCC(=O)N[C@@H](C)CO. The van der Waals surface area contributed by atoms with Gasteiger partial charge in [0.2, 0.25) is 5.91 Å². The van der Waals surface area contributed by atoms with Crippen molar-refractivity contribution in [1.82, 2.24) is 5.32 Å². The summed E-state index contributed by atoms with van der Waals surface area (Å²) in [6.07, 6.45) is 21.8. The van der Waals surface area contributed by atoms with Gasteiger partial charge in [-0.2, -0.15) is 0 Å². The van der Waals surface area contributed by atoms with Gasteiger partial charge < -0.3 is 10.4 Å². The molecule has 3 nitrogen and oxygen atoms in total. The Morgan fingerprint density at radius 3 is 1.92 bits per heavy atom. The number of aliphatic hydroxyl groups is 1. The Kier molecular flexibility index (Phi) is 17.9. The van der Waals surface area contributed by atoms with Crippen molar-refractivity contribution in [1.29, 1.82) is 0 Å². The average molecular weight is 340 g/mol. The second kappa shape index (κ2) is 18.5. The van der Waals surface area contributed by atoms with E-state index >= 15 is 0 Å². The van der Waals surface area contributed by atoms with Crippen LogP contribution in [0.1, 0.15) is 104 Å². The number of hydrogen-bond donors (Lipinski definition) is 2. The summed E-state index contributed by atoms with van der Waals surface area (Å²) in [6.45, 7) is 4.09. The molecule has 0 fully saturated rings. The van der Waals surface area contributed by atoms with Gasteiger partial charge in [0, 0.05) is 12.5 Å². The highest BCUT2D eigenvalue weighted by Gasteiger charge is 2.05. The summed E-state index contributed by atoms with van der Waals surface area (Å²) in [5.41, 5.74) is 0. The Morgan fingerprint density at radius 1 is 0.875 bits per heavy atom. The molecule has 0 aromatic rings. The molecule has 142 valence electrons. The zero-order chi connectivity index (χ0) is 17.9. The summed E-state index contributed by atoms with van der Waals surface area (Å²) in [5.74, 6) is 0.0641. The molecule has 0 aromatic heterocycles. The molecule has 1 amide bonds. The fraction of sp³-hybridized carbons (Fsp3) is 0.857. The van der Waals surface area contributed by atoms with E-state index in [1.54, 1.807) is 0 Å². The van der Waals surface area contributed by atoms with Crippen LogP contribution in [0.2, 0.25) is 0 Å². The number of nitrogens with one attached hydrogen (secondary N) is 1. The summed E-state index contributed by atoms with van der Waals surface area (Å²) < 4.78 is 0. The van der Waals surface area contributed by atoms with Crippen LogP contribution in [-0.2, 0) is 4.79 Å². The van der Waals surface area contributed by atoms with E-state index in [9.17, 15) is 4.79 Å². The molecule has 2 N–H and O–H groups in total. The van der Waals surface area contributed by atoms with E-state index in [1.165, 1.54) is 70.6 Å². The van der Waals surface area contributed by atoms with Crippen molar-refractivity contribution in [3.8, 4) is 0 Å². The maximum Gasteiger partial charge on any atom is 0.220 e. The van der Waals surface area contributed by atoms with Crippen LogP contribution < -0.4 is 5.32 Å². The van der Waals surface area contributed by atoms with E-state index in [2.05, 4.69) is 24.4 Å². The van der Waals surface area contributed by atoms with Gasteiger partial charge >= 0.3 is 0 Å². The Hall–Kier alpha value is -0.830. The number of carbonyl (C=O) groups excluding carboxylic acids is 1. The molecule has 0 radical (unpaired) electrons. The maximum absolute atomic E-state index is 11.5. The van der Waals surface area contributed by atoms with Gasteiger partial charge in [0.1, 0.15) is 0 Å². The predicted octanol–water partition coefficient (Wildman–Crippen LogP) is 5.52. The number of aliphatic hydroxyl groups excluding tert-OH is 1. The molecule has 0 aliphatic heterocycles. The molecular formula is C21H41NO2. The summed E-state index contributed by atoms with van der Waals surface area (Å²) >= 11 is 0. The molecule has 0 aliphatic rings. The molecule has 0 heterocycles. The van der Waals surface area contributed by atoms with Crippen LogP contribution in [-0.4, -0.2) is 23.7 Å². The Bertz CT molecular complexity index is 302. The van der Waals surface area contributed by atoms with Crippen LogP contribution in [0, 0.1) is 0 Å². The summed E-state index contributed by atoms with van der Waals surface area (Å²) in [6, 6.07) is -0.124. The molecule has 0 rings (SSSR count). The molecule has 0 saturated heterocycles. The summed E-state index contributed by atoms with van der Waals surface area (Å²) in [5, 5.41) is 11.6. The topological polar surface area (TPSA) is 49.3 Å². The third-order valence-corrected chi connectivity index (χ3v) is 4.35. The quantitative estimate of drug-likeness (QED) is 0.271. The predicted molar refractivity (Wildman–Crippen MR) is 104 cm³/mol. The van der Waals surface area contributed by atoms with Crippen molar-refractivity contribution in [3.05, 3.63) is 12.2 Å². The minimum absolute atomic E-state index is 0.0120. The molecule has 0 saturated carbocycles. The highest BCUT2D eigenvalue weighted by molar-refractivity contribution is 5.76. The maximum atomic E-state index is 11.5. The lowest BCUT2D eigenvalue weighted by Crippen LogP contribution is -2.34. The van der Waals surface area contributed by atoms with Gasteiger partial charge in [-0.15, -0.1) is 0 Å². The van der Waals surface area contributed by atoms with E-state index in [-0.39, 0.29) is 18.6 Å². The average Bonchev–Trinajstić information content (AvgIpc) is 2.58. The van der Waals surface area contributed by atoms with Crippen molar-refractivity contribution < 1.29 is 9.90 Å². The zero-order valence-corrected chi connectivity index (χ0v) is 16.2. The van der Waals surface area contributed by atoms with Crippen LogP contribution in [0.25, 0.3) is 0 Å². The van der Waals surface area contributed by atoms with Crippen molar-refractivity contribution in [2.45, 2.75) is 110 Å². The smallest absolute Gasteiger partial charge is 0.220 e. The Morgan fingerprint density at radius 2 is 1.38 bits per heavy atom. The van der Waals surface area contributed by atoms with Gasteiger partial charge in [0.15, 0.2) is 0 Å². The first kappa shape index (κ1) is 23.2. The number of amides is 1. The highest BCUT2D eigenvalue weighted by atomic mass is 16.3. The minimum Gasteiger partial charge on any atom is -0.394 e. The molecule has 0 spiro atoms. The van der Waals surface area contributed by atoms with Crippen LogP contribution in [0.4, 0.5) is 0 Å². The van der Waals surface area contributed by atoms with E-state index in [1.807, 2.05) is 6.92 Å². The first-order valence-electron chi connectivity index (χ1n) is 10.3. The third kappa shape index (κ3) is 17.5. The van der Waals surface area contributed by atoms with Crippen LogP contribution >= 0.6 is 0 Å². The first-order chi connectivity index (χ1) is 11.7. The van der Waals surface area contributed by atoms with Crippen molar-refractivity contribution >= 4 is 5.91 Å². The van der Waals surface area contributed by atoms with E-state index in [0.29, 0.717) is 6.42 Å². The fourth-order valence-corrected chi connectivity index (χ4v) is 2.75. The van der Waals surface area contributed by atoms with Gasteiger partial charge in [-0.25, -0.2) is 0 Å². The van der Waals surface area contributed by atoms with E-state index in [0.717, 1.165) is 12.8 Å². The Labute approximate surface area is 150 Å². The van der Waals surface area contributed by atoms with Crippen molar-refractivity contribution in [2.75, 3.05) is 6.61 Å². The third-order valence-electron chi connectivity index (χ3n) is 4.35. The lowest BCUT2D eigenvalue weighted by atomic mass is 10.1. The molecular weight excluding hydrogens is 298 g/mol. The number of allylic oxidation sites excluding steroid dienone is 2. The molecule has 0 unspecified atom stereocenters. The fourth-order valence-electron chi connectivity index (χ4n) is 2.75. The molecule has 0 bridgehead atoms. The van der Waals surface area contributed by atoms with Crippen molar-refractivity contribution in [2.24, 2.45) is 0 Å². The zero-order valence-electron chi connectivity index (χ0n) is 16.2. The molecule has 1 atom stereocenters. The number of carbonyl (C=O) groups is 1. The highest BCUT2D eigenvalue weighted by Crippen LogP contribution is 2.09. The molecule has 0 aliphatic carbocycles. The lowest BCUT2D eigenvalue weighted by molar-refractivity contribution is -0.122. The standard InChI is InChI=1S/C21H41NO2/c1-3-4-5-6-7-8-9-10-11-12-13-14-15-16-17-18-21(24)22-20(2)19-23/h10-11,20,23H,3-9,12-19H2,1-2H3,(H,22,24)/b11-10+/t20-/m0/s1. The van der Waals surface area contributed by atoms with Crippen LogP contribution in [0.15, 0.2) is 12.2 Å².